The maximum absolute atomic E-state index is 12.6. The molecule has 1 aliphatic heterocycles. The van der Waals surface area contributed by atoms with E-state index in [9.17, 15) is 14.7 Å². The van der Waals surface area contributed by atoms with Gasteiger partial charge in [0.05, 0.1) is 13.2 Å². The maximum atomic E-state index is 12.6. The van der Waals surface area contributed by atoms with Crippen molar-refractivity contribution in [1.82, 2.24) is 0 Å². The van der Waals surface area contributed by atoms with E-state index < -0.39 is 11.4 Å². The van der Waals surface area contributed by atoms with Crippen molar-refractivity contribution in [3.8, 4) is 0 Å². The first-order valence-corrected chi connectivity index (χ1v) is 6.64. The van der Waals surface area contributed by atoms with Crippen LogP contribution < -0.4 is 0 Å². The van der Waals surface area contributed by atoms with E-state index in [2.05, 4.69) is 0 Å². The molecule has 0 fully saturated rings. The molecule has 5 nitrogen and oxygen atoms in total. The molecular weight excluding hydrogens is 272 g/mol. The second-order valence-electron chi connectivity index (χ2n) is 5.65. The molecule has 1 N–H and O–H groups in total. The Balaban J connectivity index is 2.12. The highest BCUT2D eigenvalue weighted by Gasteiger charge is 2.48. The molecule has 1 aliphatic carbocycles. The van der Waals surface area contributed by atoms with Crippen molar-refractivity contribution in [2.75, 3.05) is 6.61 Å². The van der Waals surface area contributed by atoms with Crippen molar-refractivity contribution >= 4 is 11.8 Å². The van der Waals surface area contributed by atoms with Gasteiger partial charge in [-0.15, -0.1) is 0 Å². The van der Waals surface area contributed by atoms with Crippen molar-refractivity contribution in [2.45, 2.75) is 18.9 Å². The molecule has 1 aromatic carbocycles. The molecule has 0 unspecified atom stereocenters. The third-order valence-electron chi connectivity index (χ3n) is 4.37. The molecule has 106 valence electrons. The lowest BCUT2D eigenvalue weighted by molar-refractivity contribution is 0.0641. The van der Waals surface area contributed by atoms with Crippen LogP contribution in [0.3, 0.4) is 0 Å². The van der Waals surface area contributed by atoms with Gasteiger partial charge >= 0.3 is 5.97 Å². The molecule has 2 aromatic rings. The van der Waals surface area contributed by atoms with E-state index in [0.717, 1.165) is 17.4 Å². The first-order chi connectivity index (χ1) is 10.0. The highest BCUT2D eigenvalue weighted by atomic mass is 16.5. The van der Waals surface area contributed by atoms with Crippen LogP contribution in [0.1, 0.15) is 50.1 Å². The van der Waals surface area contributed by atoms with Crippen LogP contribution in [0.15, 0.2) is 28.9 Å². The topological polar surface area (TPSA) is 76.7 Å². The average molecular weight is 284 g/mol. The van der Waals surface area contributed by atoms with Gasteiger partial charge in [0.1, 0.15) is 11.8 Å². The van der Waals surface area contributed by atoms with Crippen LogP contribution in [-0.4, -0.2) is 23.5 Å². The van der Waals surface area contributed by atoms with Gasteiger partial charge in [-0.25, -0.2) is 4.79 Å². The molecule has 0 spiro atoms. The molecule has 1 aromatic heterocycles. The normalized spacial score (nSPS) is 22.6. The Morgan fingerprint density at radius 3 is 2.90 bits per heavy atom. The van der Waals surface area contributed by atoms with Gasteiger partial charge in [0.2, 0.25) is 5.78 Å². The lowest BCUT2D eigenvalue weighted by Crippen LogP contribution is -2.41. The molecule has 2 heterocycles. The Kier molecular flexibility index (Phi) is 2.25. The number of fused-ring (bicyclic) bond motifs is 2. The highest BCUT2D eigenvalue weighted by Crippen LogP contribution is 2.47. The van der Waals surface area contributed by atoms with Crippen LogP contribution in [0, 0.1) is 0 Å². The number of hydrogen-bond donors (Lipinski definition) is 1. The number of carbonyl (C=O) groups is 2. The molecule has 4 rings (SSSR count). The SMILES string of the molecule is C[C@@]12COCc3cccc(c31)C(=O)c1occ(C(=O)O)c12. The molecule has 0 amide bonds. The van der Waals surface area contributed by atoms with Gasteiger partial charge in [-0.3, -0.25) is 4.79 Å². The van der Waals surface area contributed by atoms with Crippen molar-refractivity contribution in [3.05, 3.63) is 58.0 Å². The summed E-state index contributed by atoms with van der Waals surface area (Å²) in [6.07, 6.45) is 1.15. The summed E-state index contributed by atoms with van der Waals surface area (Å²) in [5, 5.41) is 9.37. The fourth-order valence-corrected chi connectivity index (χ4v) is 3.55. The lowest BCUT2D eigenvalue weighted by Gasteiger charge is -2.39. The summed E-state index contributed by atoms with van der Waals surface area (Å²) in [5.74, 6) is -1.24. The van der Waals surface area contributed by atoms with Crippen LogP contribution in [-0.2, 0) is 16.8 Å². The van der Waals surface area contributed by atoms with E-state index in [1.54, 1.807) is 6.07 Å². The molecule has 5 heteroatoms. The van der Waals surface area contributed by atoms with Crippen molar-refractivity contribution < 1.29 is 23.8 Å². The molecule has 0 radical (unpaired) electrons. The number of ketones is 1. The number of hydrogen-bond acceptors (Lipinski definition) is 4. The first kappa shape index (κ1) is 12.3. The second kappa shape index (κ2) is 3.83. The van der Waals surface area contributed by atoms with E-state index in [1.807, 2.05) is 19.1 Å². The molecule has 1 atom stereocenters. The summed E-state index contributed by atoms with van der Waals surface area (Å²) in [6.45, 7) is 2.67. The molecule has 0 saturated heterocycles. The maximum Gasteiger partial charge on any atom is 0.339 e. The van der Waals surface area contributed by atoms with Crippen molar-refractivity contribution in [2.24, 2.45) is 0 Å². The van der Waals surface area contributed by atoms with E-state index in [4.69, 9.17) is 9.15 Å². The number of rotatable bonds is 1. The predicted molar refractivity (Wildman–Crippen MR) is 71.7 cm³/mol. The number of carboxylic acids is 1. The Bertz CT molecular complexity index is 801. The van der Waals surface area contributed by atoms with E-state index in [0.29, 0.717) is 24.3 Å². The van der Waals surface area contributed by atoms with E-state index >= 15 is 0 Å². The Labute approximate surface area is 120 Å². The van der Waals surface area contributed by atoms with Gasteiger partial charge in [0.15, 0.2) is 5.76 Å². The average Bonchev–Trinajstić information content (AvgIpc) is 2.91. The number of ether oxygens (including phenoxy) is 1. The molecule has 0 bridgehead atoms. The predicted octanol–water partition coefficient (Wildman–Crippen LogP) is 2.36. The van der Waals surface area contributed by atoms with Gasteiger partial charge in [-0.2, -0.15) is 0 Å². The van der Waals surface area contributed by atoms with Crippen LogP contribution in [0.5, 0.6) is 0 Å². The third-order valence-corrected chi connectivity index (χ3v) is 4.37. The summed E-state index contributed by atoms with van der Waals surface area (Å²) in [4.78, 5) is 24.0. The number of carbonyl (C=O) groups excluding carboxylic acids is 1. The van der Waals surface area contributed by atoms with Gasteiger partial charge in [0.25, 0.3) is 0 Å². The van der Waals surface area contributed by atoms with Crippen molar-refractivity contribution in [1.29, 1.82) is 0 Å². The first-order valence-electron chi connectivity index (χ1n) is 6.64. The van der Waals surface area contributed by atoms with E-state index in [1.165, 1.54) is 0 Å². The highest BCUT2D eigenvalue weighted by molar-refractivity contribution is 6.13. The van der Waals surface area contributed by atoms with Crippen LogP contribution in [0.4, 0.5) is 0 Å². The standard InChI is InChI=1S/C16H12O5/c1-16-7-20-5-8-3-2-4-9(11(8)16)13(17)14-12(16)10(6-21-14)15(18)19/h2-4,6H,5,7H2,1H3,(H,18,19)/t16-/m1/s1. The zero-order valence-corrected chi connectivity index (χ0v) is 11.3. The van der Waals surface area contributed by atoms with Crippen molar-refractivity contribution in [3.63, 3.8) is 0 Å². The number of benzene rings is 1. The summed E-state index contributed by atoms with van der Waals surface area (Å²) in [5.41, 5.74) is 2.17. The zero-order chi connectivity index (χ0) is 14.8. The van der Waals surface area contributed by atoms with Gasteiger partial charge < -0.3 is 14.3 Å². The van der Waals surface area contributed by atoms with Gasteiger partial charge in [-0.1, -0.05) is 18.2 Å². The lowest BCUT2D eigenvalue weighted by atomic mass is 9.66. The Morgan fingerprint density at radius 1 is 1.33 bits per heavy atom. The zero-order valence-electron chi connectivity index (χ0n) is 11.3. The fourth-order valence-electron chi connectivity index (χ4n) is 3.55. The largest absolute Gasteiger partial charge is 0.478 e. The van der Waals surface area contributed by atoms with Crippen LogP contribution in [0.25, 0.3) is 0 Å². The quantitative estimate of drug-likeness (QED) is 0.869. The monoisotopic (exact) mass is 284 g/mol. The van der Waals surface area contributed by atoms with Gasteiger partial charge in [0, 0.05) is 16.5 Å². The molecule has 21 heavy (non-hydrogen) atoms. The number of furan rings is 1. The third kappa shape index (κ3) is 1.39. The van der Waals surface area contributed by atoms with Crippen LogP contribution >= 0.6 is 0 Å². The summed E-state index contributed by atoms with van der Waals surface area (Å²) >= 11 is 0. The Hall–Kier alpha value is -2.40. The summed E-state index contributed by atoms with van der Waals surface area (Å²) < 4.78 is 10.9. The van der Waals surface area contributed by atoms with Gasteiger partial charge in [-0.05, 0) is 18.1 Å². The minimum Gasteiger partial charge on any atom is -0.478 e. The molecular formula is C16H12O5. The minimum absolute atomic E-state index is 0.0341. The summed E-state index contributed by atoms with van der Waals surface area (Å²) in [6, 6.07) is 5.49. The van der Waals surface area contributed by atoms with E-state index in [-0.39, 0.29) is 17.1 Å². The smallest absolute Gasteiger partial charge is 0.339 e. The molecule has 2 aliphatic rings. The second-order valence-corrected chi connectivity index (χ2v) is 5.65. The minimum atomic E-state index is -1.10. The van der Waals surface area contributed by atoms with Crippen LogP contribution in [0.2, 0.25) is 0 Å². The number of carboxylic acid groups (broad SMARTS) is 1. The number of aromatic carboxylic acids is 1. The Morgan fingerprint density at radius 2 is 2.14 bits per heavy atom. The molecule has 0 saturated carbocycles. The fraction of sp³-hybridized carbons (Fsp3) is 0.250. The summed E-state index contributed by atoms with van der Waals surface area (Å²) in [7, 11) is 0.